The van der Waals surface area contributed by atoms with Crippen LogP contribution in [0.1, 0.15) is 45.6 Å². The molecule has 0 saturated carbocycles. The van der Waals surface area contributed by atoms with Crippen LogP contribution < -0.4 is 0 Å². The quantitative estimate of drug-likeness (QED) is 0.916. The molecule has 3 nitrogen and oxygen atoms in total. The van der Waals surface area contributed by atoms with Crippen molar-refractivity contribution in [2.24, 2.45) is 5.41 Å². The molecule has 0 radical (unpaired) electrons. The van der Waals surface area contributed by atoms with E-state index in [0.29, 0.717) is 5.41 Å². The van der Waals surface area contributed by atoms with Crippen LogP contribution >= 0.6 is 0 Å². The number of nitrogens with zero attached hydrogens (tertiary/aromatic N) is 2. The summed E-state index contributed by atoms with van der Waals surface area (Å²) in [7, 11) is 0. The van der Waals surface area contributed by atoms with Gasteiger partial charge in [-0.25, -0.2) is 0 Å². The molecule has 3 heteroatoms. The van der Waals surface area contributed by atoms with Crippen LogP contribution in [0, 0.1) is 5.41 Å². The average molecular weight is 271 g/mol. The Morgan fingerprint density at radius 1 is 1.35 bits per heavy atom. The molecular formula is C17H25N3. The van der Waals surface area contributed by atoms with Gasteiger partial charge in [0, 0.05) is 18.0 Å². The van der Waals surface area contributed by atoms with E-state index in [2.05, 4.69) is 54.1 Å². The molecule has 1 atom stereocenters. The normalized spacial score (nSPS) is 20.9. The second-order valence-corrected chi connectivity index (χ2v) is 7.32. The summed E-state index contributed by atoms with van der Waals surface area (Å²) in [6.07, 6.45) is 5.87. The molecule has 1 aromatic heterocycles. The smallest absolute Gasteiger partial charge is 0.0653 e. The lowest BCUT2D eigenvalue weighted by molar-refractivity contribution is 0.185. The van der Waals surface area contributed by atoms with Gasteiger partial charge in [-0.05, 0) is 42.9 Å². The first-order valence-electron chi connectivity index (χ1n) is 7.67. The SMILES string of the molecule is CC(C)(C)C[C@H]1CCCN1Cc1ccc2cn[nH]c2c1. The molecule has 0 bridgehead atoms. The molecule has 20 heavy (non-hydrogen) atoms. The number of hydrogen-bond donors (Lipinski definition) is 1. The zero-order valence-electron chi connectivity index (χ0n) is 12.8. The molecule has 2 aromatic rings. The molecule has 0 aliphatic carbocycles. The summed E-state index contributed by atoms with van der Waals surface area (Å²) in [5.41, 5.74) is 2.96. The number of hydrogen-bond acceptors (Lipinski definition) is 2. The lowest BCUT2D eigenvalue weighted by Crippen LogP contribution is -2.32. The minimum absolute atomic E-state index is 0.417. The van der Waals surface area contributed by atoms with Crippen molar-refractivity contribution < 1.29 is 0 Å². The van der Waals surface area contributed by atoms with Gasteiger partial charge in [-0.15, -0.1) is 0 Å². The Morgan fingerprint density at radius 3 is 3.00 bits per heavy atom. The number of H-pyrrole nitrogens is 1. The minimum Gasteiger partial charge on any atom is -0.296 e. The van der Waals surface area contributed by atoms with Crippen molar-refractivity contribution in [1.29, 1.82) is 0 Å². The molecule has 0 amide bonds. The lowest BCUT2D eigenvalue weighted by atomic mass is 9.87. The van der Waals surface area contributed by atoms with Crippen molar-refractivity contribution in [2.75, 3.05) is 6.54 Å². The van der Waals surface area contributed by atoms with Gasteiger partial charge < -0.3 is 0 Å². The summed E-state index contributed by atoms with van der Waals surface area (Å²) in [5, 5.41) is 8.36. The summed E-state index contributed by atoms with van der Waals surface area (Å²) in [4.78, 5) is 2.66. The first-order chi connectivity index (χ1) is 9.51. The molecule has 1 aliphatic heterocycles. The minimum atomic E-state index is 0.417. The Kier molecular flexibility index (Phi) is 3.55. The van der Waals surface area contributed by atoms with Gasteiger partial charge in [-0.1, -0.05) is 32.9 Å². The van der Waals surface area contributed by atoms with Crippen molar-refractivity contribution in [1.82, 2.24) is 15.1 Å². The van der Waals surface area contributed by atoms with Crippen LogP contribution in [0.2, 0.25) is 0 Å². The number of benzene rings is 1. The molecule has 1 fully saturated rings. The van der Waals surface area contributed by atoms with E-state index in [1.165, 1.54) is 36.8 Å². The summed E-state index contributed by atoms with van der Waals surface area (Å²) in [6, 6.07) is 7.40. The lowest BCUT2D eigenvalue weighted by Gasteiger charge is -2.30. The fraction of sp³-hybridized carbons (Fsp3) is 0.588. The van der Waals surface area contributed by atoms with Gasteiger partial charge in [0.05, 0.1) is 11.7 Å². The molecule has 2 heterocycles. The number of aromatic amines is 1. The number of likely N-dealkylation sites (tertiary alicyclic amines) is 1. The second-order valence-electron chi connectivity index (χ2n) is 7.32. The third kappa shape index (κ3) is 3.04. The molecule has 3 rings (SSSR count). The zero-order valence-corrected chi connectivity index (χ0v) is 12.8. The van der Waals surface area contributed by atoms with Gasteiger partial charge in [-0.2, -0.15) is 5.10 Å². The first kappa shape index (κ1) is 13.6. The Balaban J connectivity index is 1.72. The second kappa shape index (κ2) is 5.21. The highest BCUT2D eigenvalue weighted by Gasteiger charge is 2.28. The predicted octanol–water partition coefficient (Wildman–Crippen LogP) is 3.96. The van der Waals surface area contributed by atoms with E-state index in [1.54, 1.807) is 0 Å². The zero-order chi connectivity index (χ0) is 14.2. The van der Waals surface area contributed by atoms with Crippen LogP contribution in [-0.2, 0) is 6.54 Å². The average Bonchev–Trinajstić information content (AvgIpc) is 2.97. The van der Waals surface area contributed by atoms with Crippen molar-refractivity contribution in [2.45, 2.75) is 52.6 Å². The van der Waals surface area contributed by atoms with E-state index < -0.39 is 0 Å². The third-order valence-corrected chi connectivity index (χ3v) is 4.24. The Labute approximate surface area is 121 Å². The topological polar surface area (TPSA) is 31.9 Å². The molecule has 1 aliphatic rings. The number of fused-ring (bicyclic) bond motifs is 1. The number of rotatable bonds is 3. The molecule has 1 saturated heterocycles. The van der Waals surface area contributed by atoms with Gasteiger partial charge in [0.2, 0.25) is 0 Å². The highest BCUT2D eigenvalue weighted by molar-refractivity contribution is 5.78. The maximum atomic E-state index is 4.10. The summed E-state index contributed by atoms with van der Waals surface area (Å²) < 4.78 is 0. The Bertz CT molecular complexity index is 579. The van der Waals surface area contributed by atoms with Gasteiger partial charge in [0.1, 0.15) is 0 Å². The van der Waals surface area contributed by atoms with E-state index >= 15 is 0 Å². The van der Waals surface area contributed by atoms with Gasteiger partial charge >= 0.3 is 0 Å². The fourth-order valence-electron chi connectivity index (χ4n) is 3.36. The number of nitrogens with one attached hydrogen (secondary N) is 1. The van der Waals surface area contributed by atoms with Crippen LogP contribution in [0.4, 0.5) is 0 Å². The van der Waals surface area contributed by atoms with E-state index in [9.17, 15) is 0 Å². The van der Waals surface area contributed by atoms with Crippen molar-refractivity contribution >= 4 is 10.9 Å². The summed E-state index contributed by atoms with van der Waals surface area (Å²) >= 11 is 0. The van der Waals surface area contributed by atoms with Crippen LogP contribution in [0.15, 0.2) is 24.4 Å². The maximum absolute atomic E-state index is 4.10. The number of aromatic nitrogens is 2. The Morgan fingerprint density at radius 2 is 2.20 bits per heavy atom. The predicted molar refractivity (Wildman–Crippen MR) is 83.6 cm³/mol. The van der Waals surface area contributed by atoms with E-state index in [0.717, 1.165) is 18.1 Å². The largest absolute Gasteiger partial charge is 0.296 e. The Hall–Kier alpha value is -1.35. The van der Waals surface area contributed by atoms with Crippen LogP contribution in [0.5, 0.6) is 0 Å². The fourth-order valence-corrected chi connectivity index (χ4v) is 3.36. The van der Waals surface area contributed by atoms with Gasteiger partial charge in [-0.3, -0.25) is 10.00 Å². The van der Waals surface area contributed by atoms with E-state index in [-0.39, 0.29) is 0 Å². The molecule has 108 valence electrons. The highest BCUT2D eigenvalue weighted by atomic mass is 15.2. The molecule has 0 unspecified atom stereocenters. The third-order valence-electron chi connectivity index (χ3n) is 4.24. The molecule has 0 spiro atoms. The molecule has 1 aromatic carbocycles. The van der Waals surface area contributed by atoms with Crippen molar-refractivity contribution in [3.8, 4) is 0 Å². The van der Waals surface area contributed by atoms with Crippen molar-refractivity contribution in [3.63, 3.8) is 0 Å². The maximum Gasteiger partial charge on any atom is 0.0653 e. The molecular weight excluding hydrogens is 246 g/mol. The van der Waals surface area contributed by atoms with Crippen LogP contribution in [-0.4, -0.2) is 27.7 Å². The van der Waals surface area contributed by atoms with Gasteiger partial charge in [0.25, 0.3) is 0 Å². The summed E-state index contributed by atoms with van der Waals surface area (Å²) in [6.45, 7) is 9.35. The highest BCUT2D eigenvalue weighted by Crippen LogP contribution is 2.31. The van der Waals surface area contributed by atoms with Crippen LogP contribution in [0.3, 0.4) is 0 Å². The van der Waals surface area contributed by atoms with Crippen molar-refractivity contribution in [3.05, 3.63) is 30.0 Å². The van der Waals surface area contributed by atoms with Gasteiger partial charge in [0.15, 0.2) is 0 Å². The summed E-state index contributed by atoms with van der Waals surface area (Å²) in [5.74, 6) is 0. The molecule has 1 N–H and O–H groups in total. The first-order valence-corrected chi connectivity index (χ1v) is 7.67. The van der Waals surface area contributed by atoms with Crippen LogP contribution in [0.25, 0.3) is 10.9 Å². The van der Waals surface area contributed by atoms with E-state index in [1.807, 2.05) is 6.20 Å². The monoisotopic (exact) mass is 271 g/mol. The van der Waals surface area contributed by atoms with E-state index in [4.69, 9.17) is 0 Å². The standard InChI is InChI=1S/C17H25N3/c1-17(2,3)10-15-5-4-8-20(15)12-13-6-7-14-11-18-19-16(14)9-13/h6-7,9,11,15H,4-5,8,10,12H2,1-3H3,(H,18,19)/t15-/m1/s1.